The van der Waals surface area contributed by atoms with Gasteiger partial charge in [-0.05, 0) is 6.42 Å². The number of nitrogens with one attached hydrogen (secondary N) is 1. The molecular weight excluding hydrogens is 302 g/mol. The number of anilines is 2. The van der Waals surface area contributed by atoms with Gasteiger partial charge in [0.15, 0.2) is 0 Å². The fourth-order valence-corrected chi connectivity index (χ4v) is 2.01. The number of aromatic nitrogens is 2. The highest BCUT2D eigenvalue weighted by molar-refractivity contribution is 5.70. The van der Waals surface area contributed by atoms with Crippen molar-refractivity contribution in [2.75, 3.05) is 57.3 Å². The Labute approximate surface area is 136 Å². The SMILES string of the molecule is CCCCNc1ncnc(N(CCOC)CCOC)c1[N+](=O)[O-]. The van der Waals surface area contributed by atoms with E-state index < -0.39 is 4.92 Å². The average molecular weight is 327 g/mol. The maximum atomic E-state index is 11.5. The van der Waals surface area contributed by atoms with Crippen LogP contribution in [0, 0.1) is 10.1 Å². The van der Waals surface area contributed by atoms with E-state index >= 15 is 0 Å². The molecule has 130 valence electrons. The molecule has 0 aliphatic heterocycles. The number of hydrogen-bond acceptors (Lipinski definition) is 8. The highest BCUT2D eigenvalue weighted by atomic mass is 16.6. The molecule has 0 aromatic carbocycles. The van der Waals surface area contributed by atoms with Crippen LogP contribution in [-0.2, 0) is 9.47 Å². The van der Waals surface area contributed by atoms with Crippen LogP contribution in [0.2, 0.25) is 0 Å². The summed E-state index contributed by atoms with van der Waals surface area (Å²) in [7, 11) is 3.17. The van der Waals surface area contributed by atoms with Crippen LogP contribution in [0.5, 0.6) is 0 Å². The maximum Gasteiger partial charge on any atom is 0.353 e. The fourth-order valence-electron chi connectivity index (χ4n) is 2.01. The first kappa shape index (κ1) is 19.0. The molecule has 0 aliphatic rings. The summed E-state index contributed by atoms with van der Waals surface area (Å²) in [5, 5.41) is 14.5. The van der Waals surface area contributed by atoms with Gasteiger partial charge in [0.2, 0.25) is 11.6 Å². The molecule has 0 bridgehead atoms. The topological polar surface area (TPSA) is 103 Å². The van der Waals surface area contributed by atoms with Crippen LogP contribution in [0.25, 0.3) is 0 Å². The molecule has 0 aliphatic carbocycles. The minimum absolute atomic E-state index is 0.115. The van der Waals surface area contributed by atoms with Gasteiger partial charge in [-0.1, -0.05) is 13.3 Å². The van der Waals surface area contributed by atoms with Crippen LogP contribution in [-0.4, -0.2) is 62.0 Å². The van der Waals surface area contributed by atoms with Gasteiger partial charge in [-0.2, -0.15) is 0 Å². The molecule has 1 heterocycles. The predicted molar refractivity (Wildman–Crippen MR) is 88.0 cm³/mol. The summed E-state index contributed by atoms with van der Waals surface area (Å²) in [4.78, 5) is 21.0. The number of unbranched alkanes of at least 4 members (excludes halogenated alkanes) is 1. The molecule has 1 aromatic heterocycles. The zero-order valence-corrected chi connectivity index (χ0v) is 13.9. The zero-order valence-electron chi connectivity index (χ0n) is 13.9. The predicted octanol–water partition coefficient (Wildman–Crippen LogP) is 1.70. The van der Waals surface area contributed by atoms with Crippen molar-refractivity contribution in [3.63, 3.8) is 0 Å². The molecule has 0 radical (unpaired) electrons. The Hall–Kier alpha value is -2.00. The summed E-state index contributed by atoms with van der Waals surface area (Å²) in [5.74, 6) is 0.520. The van der Waals surface area contributed by atoms with E-state index in [0.717, 1.165) is 12.8 Å². The van der Waals surface area contributed by atoms with Crippen molar-refractivity contribution in [1.29, 1.82) is 0 Å². The quantitative estimate of drug-likeness (QED) is 0.351. The monoisotopic (exact) mass is 327 g/mol. The highest BCUT2D eigenvalue weighted by Gasteiger charge is 2.26. The molecule has 1 N–H and O–H groups in total. The van der Waals surface area contributed by atoms with E-state index in [4.69, 9.17) is 9.47 Å². The molecule has 0 amide bonds. The van der Waals surface area contributed by atoms with Gasteiger partial charge < -0.3 is 19.7 Å². The lowest BCUT2D eigenvalue weighted by molar-refractivity contribution is -0.383. The Morgan fingerprint density at radius 2 is 1.91 bits per heavy atom. The Morgan fingerprint density at radius 3 is 2.43 bits per heavy atom. The standard InChI is InChI=1S/C14H25N5O4/c1-4-5-6-15-13-12(19(20)21)14(17-11-16-13)18(7-9-22-2)8-10-23-3/h11H,4-10H2,1-3H3,(H,15,16,17). The van der Waals surface area contributed by atoms with Crippen LogP contribution in [0.15, 0.2) is 6.33 Å². The second-order valence-electron chi connectivity index (χ2n) is 4.90. The molecule has 1 aromatic rings. The molecule has 0 spiro atoms. The van der Waals surface area contributed by atoms with Gasteiger partial charge in [0.25, 0.3) is 0 Å². The van der Waals surface area contributed by atoms with Gasteiger partial charge in [-0.25, -0.2) is 9.97 Å². The van der Waals surface area contributed by atoms with Crippen LogP contribution < -0.4 is 10.2 Å². The molecule has 0 saturated heterocycles. The number of hydrogen-bond donors (Lipinski definition) is 1. The van der Waals surface area contributed by atoms with Crippen molar-refractivity contribution in [3.8, 4) is 0 Å². The minimum Gasteiger partial charge on any atom is -0.383 e. The molecule has 1 rings (SSSR count). The zero-order chi connectivity index (χ0) is 17.1. The van der Waals surface area contributed by atoms with Gasteiger partial charge in [0, 0.05) is 33.9 Å². The van der Waals surface area contributed by atoms with Crippen LogP contribution in [0.1, 0.15) is 19.8 Å². The smallest absolute Gasteiger partial charge is 0.353 e. The van der Waals surface area contributed by atoms with Gasteiger partial charge >= 0.3 is 5.69 Å². The summed E-state index contributed by atoms with van der Waals surface area (Å²) in [5.41, 5.74) is -0.115. The minimum atomic E-state index is -0.448. The summed E-state index contributed by atoms with van der Waals surface area (Å²) in [6.45, 7) is 4.51. The lowest BCUT2D eigenvalue weighted by Crippen LogP contribution is -2.32. The van der Waals surface area contributed by atoms with Crippen LogP contribution >= 0.6 is 0 Å². The first-order valence-electron chi connectivity index (χ1n) is 7.61. The molecule has 23 heavy (non-hydrogen) atoms. The van der Waals surface area contributed by atoms with E-state index in [-0.39, 0.29) is 17.3 Å². The third-order valence-electron chi connectivity index (χ3n) is 3.24. The van der Waals surface area contributed by atoms with E-state index in [1.54, 1.807) is 19.1 Å². The van der Waals surface area contributed by atoms with Crippen molar-refractivity contribution in [3.05, 3.63) is 16.4 Å². The van der Waals surface area contributed by atoms with Gasteiger partial charge in [-0.15, -0.1) is 0 Å². The van der Waals surface area contributed by atoms with Gasteiger partial charge in [0.05, 0.1) is 18.1 Å². The molecule has 0 unspecified atom stereocenters. The Morgan fingerprint density at radius 1 is 1.26 bits per heavy atom. The largest absolute Gasteiger partial charge is 0.383 e. The highest BCUT2D eigenvalue weighted by Crippen LogP contribution is 2.31. The second-order valence-corrected chi connectivity index (χ2v) is 4.90. The molecule has 0 atom stereocenters. The summed E-state index contributed by atoms with van der Waals surface area (Å²) in [6, 6.07) is 0. The van der Waals surface area contributed by atoms with E-state index in [1.807, 2.05) is 0 Å². The van der Waals surface area contributed by atoms with Gasteiger partial charge in [-0.3, -0.25) is 10.1 Å². The lowest BCUT2D eigenvalue weighted by Gasteiger charge is -2.23. The lowest BCUT2D eigenvalue weighted by atomic mass is 10.3. The van der Waals surface area contributed by atoms with Crippen LogP contribution in [0.4, 0.5) is 17.3 Å². The Bertz CT molecular complexity index is 478. The van der Waals surface area contributed by atoms with Crippen molar-refractivity contribution in [1.82, 2.24) is 9.97 Å². The second kappa shape index (κ2) is 10.7. The van der Waals surface area contributed by atoms with Crippen molar-refractivity contribution >= 4 is 17.3 Å². The number of nitrogens with zero attached hydrogens (tertiary/aromatic N) is 4. The van der Waals surface area contributed by atoms with Gasteiger partial charge in [0.1, 0.15) is 6.33 Å². The third-order valence-corrected chi connectivity index (χ3v) is 3.24. The first-order chi connectivity index (χ1) is 11.2. The normalized spacial score (nSPS) is 10.6. The number of nitro groups is 1. The van der Waals surface area contributed by atoms with E-state index in [0.29, 0.717) is 32.8 Å². The third kappa shape index (κ3) is 5.95. The number of ether oxygens (including phenoxy) is 2. The van der Waals surface area contributed by atoms with E-state index in [9.17, 15) is 10.1 Å². The molecule has 0 saturated carbocycles. The van der Waals surface area contributed by atoms with Crippen molar-refractivity contribution in [2.24, 2.45) is 0 Å². The van der Waals surface area contributed by atoms with Crippen LogP contribution in [0.3, 0.4) is 0 Å². The summed E-state index contributed by atoms with van der Waals surface area (Å²) in [6.07, 6.45) is 3.24. The van der Waals surface area contributed by atoms with E-state index in [1.165, 1.54) is 6.33 Å². The molecule has 0 fully saturated rings. The molecule has 9 nitrogen and oxygen atoms in total. The van der Waals surface area contributed by atoms with E-state index in [2.05, 4.69) is 22.2 Å². The summed E-state index contributed by atoms with van der Waals surface area (Å²) >= 11 is 0. The van der Waals surface area contributed by atoms with Crippen molar-refractivity contribution < 1.29 is 14.4 Å². The Kier molecular flexibility index (Phi) is 8.85. The maximum absolute atomic E-state index is 11.5. The number of methoxy groups -OCH3 is 2. The average Bonchev–Trinajstić information content (AvgIpc) is 2.55. The Balaban J connectivity index is 3.08. The fraction of sp³-hybridized carbons (Fsp3) is 0.714. The number of rotatable bonds is 12. The first-order valence-corrected chi connectivity index (χ1v) is 7.61. The summed E-state index contributed by atoms with van der Waals surface area (Å²) < 4.78 is 10.1. The van der Waals surface area contributed by atoms with Crippen molar-refractivity contribution in [2.45, 2.75) is 19.8 Å². The molecular formula is C14H25N5O4. The molecule has 9 heteroatoms.